The van der Waals surface area contributed by atoms with E-state index in [1.165, 1.54) is 12.5 Å². The van der Waals surface area contributed by atoms with E-state index in [0.717, 1.165) is 0 Å². The third-order valence-corrected chi connectivity index (χ3v) is 4.78. The van der Waals surface area contributed by atoms with Crippen molar-refractivity contribution in [1.29, 1.82) is 0 Å². The number of thiol groups is 1. The molecule has 0 saturated carbocycles. The maximum atomic E-state index is 12.8. The Bertz CT molecular complexity index is 817. The predicted octanol–water partition coefficient (Wildman–Crippen LogP) is -2.72. The van der Waals surface area contributed by atoms with Gasteiger partial charge in [0, 0.05) is 24.1 Å². The van der Waals surface area contributed by atoms with Gasteiger partial charge in [-0.1, -0.05) is 13.8 Å². The first-order valence-electron chi connectivity index (χ1n) is 9.72. The number of hydrogen-bond donors (Lipinski definition) is 8. The van der Waals surface area contributed by atoms with Crippen LogP contribution in [0.4, 0.5) is 0 Å². The highest BCUT2D eigenvalue weighted by atomic mass is 32.1. The first kappa shape index (κ1) is 26.9. The molecule has 1 aromatic heterocycles. The second-order valence-corrected chi connectivity index (χ2v) is 7.80. The van der Waals surface area contributed by atoms with Crippen LogP contribution in [0, 0.1) is 5.92 Å². The van der Waals surface area contributed by atoms with Crippen LogP contribution in [-0.4, -0.2) is 74.6 Å². The number of amides is 4. The molecule has 0 bridgehead atoms. The second-order valence-electron chi connectivity index (χ2n) is 7.43. The lowest BCUT2D eigenvalue weighted by Crippen LogP contribution is -2.58. The van der Waals surface area contributed by atoms with Crippen molar-refractivity contribution < 1.29 is 29.1 Å². The van der Waals surface area contributed by atoms with E-state index in [9.17, 15) is 29.1 Å². The van der Waals surface area contributed by atoms with Crippen LogP contribution in [0.1, 0.15) is 26.0 Å². The average molecular weight is 472 g/mol. The molecule has 0 spiro atoms. The first-order chi connectivity index (χ1) is 15.0. The van der Waals surface area contributed by atoms with E-state index in [0.29, 0.717) is 5.69 Å². The Morgan fingerprint density at radius 3 is 2.16 bits per heavy atom. The van der Waals surface area contributed by atoms with Crippen molar-refractivity contribution in [3.05, 3.63) is 18.2 Å². The van der Waals surface area contributed by atoms with Crippen LogP contribution in [-0.2, 0) is 30.4 Å². The number of nitrogens with two attached hydrogens (primary N) is 2. The largest absolute Gasteiger partial charge is 0.480 e. The molecule has 14 heteroatoms. The Hall–Kier alpha value is -3.13. The quantitative estimate of drug-likeness (QED) is 0.141. The van der Waals surface area contributed by atoms with Crippen molar-refractivity contribution in [3.63, 3.8) is 0 Å². The topological polar surface area (TPSA) is 222 Å². The number of rotatable bonds is 13. The molecule has 4 amide bonds. The van der Waals surface area contributed by atoms with Crippen LogP contribution in [0.3, 0.4) is 0 Å². The summed E-state index contributed by atoms with van der Waals surface area (Å²) in [5.74, 6) is -4.82. The van der Waals surface area contributed by atoms with E-state index in [2.05, 4.69) is 38.5 Å². The van der Waals surface area contributed by atoms with Crippen LogP contribution in [0.25, 0.3) is 0 Å². The predicted molar refractivity (Wildman–Crippen MR) is 116 cm³/mol. The van der Waals surface area contributed by atoms with Crippen molar-refractivity contribution in [2.45, 2.75) is 50.9 Å². The maximum absolute atomic E-state index is 12.8. The number of carbonyl (C=O) groups excluding carboxylic acids is 4. The van der Waals surface area contributed by atoms with Crippen LogP contribution < -0.4 is 27.4 Å². The minimum Gasteiger partial charge on any atom is -0.480 e. The number of hydrogen-bond acceptors (Lipinski definition) is 8. The summed E-state index contributed by atoms with van der Waals surface area (Å²) in [6.07, 6.45) is 2.40. The number of nitrogens with zero attached hydrogens (tertiary/aromatic N) is 1. The van der Waals surface area contributed by atoms with Crippen molar-refractivity contribution in [2.24, 2.45) is 17.4 Å². The fourth-order valence-electron chi connectivity index (χ4n) is 2.65. The number of H-pyrrole nitrogens is 1. The number of carboxylic acids is 1. The van der Waals surface area contributed by atoms with Gasteiger partial charge in [-0.3, -0.25) is 19.2 Å². The van der Waals surface area contributed by atoms with Crippen molar-refractivity contribution in [1.82, 2.24) is 25.9 Å². The van der Waals surface area contributed by atoms with E-state index in [1.807, 2.05) is 0 Å². The minimum atomic E-state index is -1.26. The highest BCUT2D eigenvalue weighted by Gasteiger charge is 2.31. The fourth-order valence-corrected chi connectivity index (χ4v) is 2.90. The molecule has 0 aliphatic rings. The SMILES string of the molecule is CC(C)C(NC(=O)C(Cc1cnc[nH]1)NC(=O)C(CS)NC(=O)C(N)CC(N)=O)C(=O)O. The van der Waals surface area contributed by atoms with E-state index < -0.39 is 66.1 Å². The minimum absolute atomic E-state index is 0.0174. The number of carboxylic acid groups (broad SMARTS) is 1. The monoisotopic (exact) mass is 471 g/mol. The lowest BCUT2D eigenvalue weighted by molar-refractivity contribution is -0.143. The number of nitrogens with one attached hydrogen (secondary N) is 4. The summed E-state index contributed by atoms with van der Waals surface area (Å²) in [7, 11) is 0. The molecule has 0 fully saturated rings. The zero-order valence-electron chi connectivity index (χ0n) is 17.7. The van der Waals surface area contributed by atoms with Gasteiger partial charge in [-0.15, -0.1) is 0 Å². The molecule has 1 aromatic rings. The van der Waals surface area contributed by atoms with Gasteiger partial charge in [0.2, 0.25) is 23.6 Å². The van der Waals surface area contributed by atoms with Crippen molar-refractivity contribution in [2.75, 3.05) is 5.75 Å². The van der Waals surface area contributed by atoms with E-state index in [4.69, 9.17) is 11.5 Å². The van der Waals surface area contributed by atoms with Gasteiger partial charge in [0.25, 0.3) is 0 Å². The molecule has 178 valence electrons. The molecule has 0 aromatic carbocycles. The summed E-state index contributed by atoms with van der Waals surface area (Å²) >= 11 is 4.04. The number of imidazole rings is 1. The molecule has 0 radical (unpaired) electrons. The maximum Gasteiger partial charge on any atom is 0.326 e. The molecule has 4 atom stereocenters. The first-order valence-corrected chi connectivity index (χ1v) is 10.3. The number of carbonyl (C=O) groups is 5. The van der Waals surface area contributed by atoms with Crippen LogP contribution in [0.2, 0.25) is 0 Å². The lowest BCUT2D eigenvalue weighted by atomic mass is 10.0. The molecule has 0 saturated heterocycles. The number of primary amides is 1. The number of aliphatic carboxylic acids is 1. The Labute approximate surface area is 189 Å². The van der Waals surface area contributed by atoms with Gasteiger partial charge < -0.3 is 37.5 Å². The van der Waals surface area contributed by atoms with Crippen molar-refractivity contribution in [3.8, 4) is 0 Å². The zero-order valence-corrected chi connectivity index (χ0v) is 18.6. The number of aromatic amines is 1. The second kappa shape index (κ2) is 12.7. The summed E-state index contributed by atoms with van der Waals surface area (Å²) in [6, 6.07) is -4.78. The Balaban J connectivity index is 2.95. The standard InChI is InChI=1S/C18H29N7O6S/c1-8(2)14(18(30)31)25-16(28)11(3-9-5-21-7-22-9)23-17(29)12(6-32)24-15(27)10(19)4-13(20)26/h5,7-8,10-12,14,32H,3-4,6,19H2,1-2H3,(H2,20,26)(H,21,22)(H,23,29)(H,24,27)(H,25,28)(H,30,31). The van der Waals surface area contributed by atoms with Gasteiger partial charge in [0.15, 0.2) is 0 Å². The molecule has 4 unspecified atom stereocenters. The van der Waals surface area contributed by atoms with E-state index in [-0.39, 0.29) is 12.2 Å². The average Bonchev–Trinajstić information content (AvgIpc) is 3.21. The molecular formula is C18H29N7O6S. The summed E-state index contributed by atoms with van der Waals surface area (Å²) in [5.41, 5.74) is 11.1. The van der Waals surface area contributed by atoms with Crippen LogP contribution >= 0.6 is 12.6 Å². The molecule has 0 aliphatic heterocycles. The van der Waals surface area contributed by atoms with Gasteiger partial charge in [-0.2, -0.15) is 12.6 Å². The number of aromatic nitrogens is 2. The smallest absolute Gasteiger partial charge is 0.326 e. The molecular weight excluding hydrogens is 442 g/mol. The highest BCUT2D eigenvalue weighted by Crippen LogP contribution is 2.05. The highest BCUT2D eigenvalue weighted by molar-refractivity contribution is 7.80. The zero-order chi connectivity index (χ0) is 24.4. The Kier molecular flexibility index (Phi) is 10.6. The molecule has 9 N–H and O–H groups in total. The summed E-state index contributed by atoms with van der Waals surface area (Å²) in [4.78, 5) is 66.6. The molecule has 32 heavy (non-hydrogen) atoms. The molecule has 1 heterocycles. The van der Waals surface area contributed by atoms with E-state index in [1.54, 1.807) is 13.8 Å². The third-order valence-electron chi connectivity index (χ3n) is 4.42. The van der Waals surface area contributed by atoms with Gasteiger partial charge in [0.05, 0.1) is 18.8 Å². The lowest BCUT2D eigenvalue weighted by Gasteiger charge is -2.25. The Morgan fingerprint density at radius 2 is 1.69 bits per heavy atom. The van der Waals surface area contributed by atoms with Crippen molar-refractivity contribution >= 4 is 42.2 Å². The van der Waals surface area contributed by atoms with Crippen LogP contribution in [0.5, 0.6) is 0 Å². The van der Waals surface area contributed by atoms with Gasteiger partial charge >= 0.3 is 5.97 Å². The van der Waals surface area contributed by atoms with Gasteiger partial charge in [-0.25, -0.2) is 9.78 Å². The summed E-state index contributed by atoms with van der Waals surface area (Å²) < 4.78 is 0. The normalized spacial score (nSPS) is 14.7. The fraction of sp³-hybridized carbons (Fsp3) is 0.556. The van der Waals surface area contributed by atoms with E-state index >= 15 is 0 Å². The van der Waals surface area contributed by atoms with Crippen LogP contribution in [0.15, 0.2) is 12.5 Å². The van der Waals surface area contributed by atoms with Gasteiger partial charge in [-0.05, 0) is 5.92 Å². The Morgan fingerprint density at radius 1 is 1.09 bits per heavy atom. The summed E-state index contributed by atoms with van der Waals surface area (Å²) in [6.45, 7) is 3.26. The molecule has 1 rings (SSSR count). The third kappa shape index (κ3) is 8.55. The van der Waals surface area contributed by atoms with Gasteiger partial charge in [0.1, 0.15) is 18.1 Å². The summed E-state index contributed by atoms with van der Waals surface area (Å²) in [5, 5.41) is 16.6. The molecule has 0 aliphatic carbocycles. The molecule has 13 nitrogen and oxygen atoms in total.